The Labute approximate surface area is 157 Å². The molecule has 0 bridgehead atoms. The molecule has 1 heterocycles. The fourth-order valence-electron chi connectivity index (χ4n) is 2.27. The Morgan fingerprint density at radius 3 is 2.85 bits per heavy atom. The van der Waals surface area contributed by atoms with E-state index in [-0.39, 0.29) is 11.3 Å². The highest BCUT2D eigenvalue weighted by Crippen LogP contribution is 2.25. The second-order valence-corrected chi connectivity index (χ2v) is 6.14. The van der Waals surface area contributed by atoms with Crippen LogP contribution in [0.3, 0.4) is 0 Å². The normalized spacial score (nSPS) is 10.6. The molecule has 3 rings (SSSR count). The third-order valence-electron chi connectivity index (χ3n) is 3.50. The van der Waals surface area contributed by atoms with E-state index in [1.165, 1.54) is 18.3 Å². The van der Waals surface area contributed by atoms with Gasteiger partial charge in [0.15, 0.2) is 0 Å². The SMILES string of the molecule is N#Cc1ccccc1-c1ccc(/C=N/NC(=O)c2cc(Br)ccc2O)o1. The topological polar surface area (TPSA) is 98.6 Å². The molecule has 0 radical (unpaired) electrons. The molecule has 3 aromatic rings. The molecule has 2 N–H and O–H groups in total. The van der Waals surface area contributed by atoms with Gasteiger partial charge in [0.25, 0.3) is 5.91 Å². The zero-order chi connectivity index (χ0) is 18.5. The predicted molar refractivity (Wildman–Crippen MR) is 99.7 cm³/mol. The number of hydrogen-bond donors (Lipinski definition) is 2. The highest BCUT2D eigenvalue weighted by Gasteiger charge is 2.11. The second kappa shape index (κ2) is 7.68. The fourth-order valence-corrected chi connectivity index (χ4v) is 2.63. The number of halogens is 1. The van der Waals surface area contributed by atoms with Crippen LogP contribution in [0, 0.1) is 11.3 Å². The molecule has 1 amide bonds. The Kier molecular flexibility index (Phi) is 5.15. The van der Waals surface area contributed by atoms with E-state index in [0.29, 0.717) is 27.1 Å². The average molecular weight is 410 g/mol. The van der Waals surface area contributed by atoms with Crippen LogP contribution >= 0.6 is 15.9 Å². The van der Waals surface area contributed by atoms with E-state index in [1.54, 1.807) is 36.4 Å². The first-order chi connectivity index (χ1) is 12.6. The molecule has 0 aliphatic rings. The Morgan fingerprint density at radius 1 is 1.23 bits per heavy atom. The number of amides is 1. The molecule has 2 aromatic carbocycles. The molecule has 0 saturated carbocycles. The van der Waals surface area contributed by atoms with Gasteiger partial charge in [0.05, 0.1) is 23.4 Å². The Bertz CT molecular complexity index is 1030. The van der Waals surface area contributed by atoms with Gasteiger partial charge in [-0.05, 0) is 42.5 Å². The summed E-state index contributed by atoms with van der Waals surface area (Å²) in [5, 5.41) is 22.7. The summed E-state index contributed by atoms with van der Waals surface area (Å²) in [6.45, 7) is 0. The molecule has 6 nitrogen and oxygen atoms in total. The van der Waals surface area contributed by atoms with Crippen LogP contribution in [-0.4, -0.2) is 17.2 Å². The van der Waals surface area contributed by atoms with Gasteiger partial charge in [-0.25, -0.2) is 5.43 Å². The fraction of sp³-hybridized carbons (Fsp3) is 0. The minimum absolute atomic E-state index is 0.0969. The predicted octanol–water partition coefficient (Wildman–Crippen LogP) is 4.05. The van der Waals surface area contributed by atoms with Gasteiger partial charge < -0.3 is 9.52 Å². The molecular weight excluding hydrogens is 398 g/mol. The van der Waals surface area contributed by atoms with E-state index in [2.05, 4.69) is 32.5 Å². The number of furan rings is 1. The number of hydrazone groups is 1. The van der Waals surface area contributed by atoms with Gasteiger partial charge in [-0.3, -0.25) is 4.79 Å². The highest BCUT2D eigenvalue weighted by molar-refractivity contribution is 9.10. The van der Waals surface area contributed by atoms with Crippen LogP contribution in [-0.2, 0) is 0 Å². The van der Waals surface area contributed by atoms with Gasteiger partial charge in [-0.15, -0.1) is 0 Å². The Balaban J connectivity index is 1.72. The molecule has 0 fully saturated rings. The minimum atomic E-state index is -0.554. The second-order valence-electron chi connectivity index (χ2n) is 5.22. The van der Waals surface area contributed by atoms with Crippen molar-refractivity contribution in [2.45, 2.75) is 0 Å². The van der Waals surface area contributed by atoms with Crippen LogP contribution in [0.4, 0.5) is 0 Å². The number of carbonyl (C=O) groups excluding carboxylic acids is 1. The van der Waals surface area contributed by atoms with E-state index in [0.717, 1.165) is 0 Å². The number of benzene rings is 2. The first-order valence-corrected chi connectivity index (χ1v) is 8.29. The zero-order valence-electron chi connectivity index (χ0n) is 13.3. The quantitative estimate of drug-likeness (QED) is 0.501. The highest BCUT2D eigenvalue weighted by atomic mass is 79.9. The molecule has 0 saturated heterocycles. The summed E-state index contributed by atoms with van der Waals surface area (Å²) in [6.07, 6.45) is 1.34. The number of nitriles is 1. The first-order valence-electron chi connectivity index (χ1n) is 7.50. The van der Waals surface area contributed by atoms with Crippen molar-refractivity contribution in [3.05, 3.63) is 76.0 Å². The van der Waals surface area contributed by atoms with Gasteiger partial charge in [-0.2, -0.15) is 10.4 Å². The van der Waals surface area contributed by atoms with Crippen molar-refractivity contribution in [3.63, 3.8) is 0 Å². The van der Waals surface area contributed by atoms with Crippen molar-refractivity contribution < 1.29 is 14.3 Å². The standard InChI is InChI=1S/C19H12BrN3O3/c20-13-5-7-17(24)16(9-13)19(25)23-22-11-14-6-8-18(26-14)15-4-2-1-3-12(15)10-21/h1-9,11,24H,(H,23,25)/b22-11+. The number of carbonyl (C=O) groups is 1. The van der Waals surface area contributed by atoms with Crippen molar-refractivity contribution in [3.8, 4) is 23.1 Å². The van der Waals surface area contributed by atoms with Crippen LogP contribution in [0.5, 0.6) is 5.75 Å². The van der Waals surface area contributed by atoms with Crippen LogP contribution in [0.15, 0.2) is 68.6 Å². The summed E-state index contributed by atoms with van der Waals surface area (Å²) < 4.78 is 6.30. The molecule has 0 unspecified atom stereocenters. The Morgan fingerprint density at radius 2 is 2.04 bits per heavy atom. The smallest absolute Gasteiger partial charge is 0.275 e. The molecule has 0 spiro atoms. The van der Waals surface area contributed by atoms with E-state index in [4.69, 9.17) is 9.68 Å². The maximum Gasteiger partial charge on any atom is 0.275 e. The molecule has 1 aromatic heterocycles. The van der Waals surface area contributed by atoms with Crippen LogP contribution in [0.1, 0.15) is 21.7 Å². The summed E-state index contributed by atoms with van der Waals surface area (Å²) >= 11 is 3.24. The number of aromatic hydroxyl groups is 1. The number of rotatable bonds is 4. The lowest BCUT2D eigenvalue weighted by molar-refractivity contribution is 0.0952. The van der Waals surface area contributed by atoms with Crippen molar-refractivity contribution in [2.24, 2.45) is 5.10 Å². The molecule has 128 valence electrons. The van der Waals surface area contributed by atoms with E-state index in [1.807, 2.05) is 6.07 Å². The van der Waals surface area contributed by atoms with Crippen molar-refractivity contribution in [2.75, 3.05) is 0 Å². The van der Waals surface area contributed by atoms with Gasteiger partial charge in [0, 0.05) is 10.0 Å². The largest absolute Gasteiger partial charge is 0.507 e. The van der Waals surface area contributed by atoms with Crippen molar-refractivity contribution in [1.82, 2.24) is 5.43 Å². The number of hydrogen-bond acceptors (Lipinski definition) is 5. The van der Waals surface area contributed by atoms with Crippen molar-refractivity contribution >= 4 is 28.1 Å². The molecule has 0 aliphatic carbocycles. The van der Waals surface area contributed by atoms with Gasteiger partial charge >= 0.3 is 0 Å². The van der Waals surface area contributed by atoms with E-state index < -0.39 is 5.91 Å². The van der Waals surface area contributed by atoms with Gasteiger partial charge in [-0.1, -0.05) is 28.1 Å². The van der Waals surface area contributed by atoms with Gasteiger partial charge in [0.1, 0.15) is 17.3 Å². The Hall–Kier alpha value is -3.37. The lowest BCUT2D eigenvalue weighted by atomic mass is 10.1. The van der Waals surface area contributed by atoms with E-state index >= 15 is 0 Å². The lowest BCUT2D eigenvalue weighted by Crippen LogP contribution is -2.17. The van der Waals surface area contributed by atoms with Crippen LogP contribution in [0.2, 0.25) is 0 Å². The van der Waals surface area contributed by atoms with Crippen LogP contribution in [0.25, 0.3) is 11.3 Å². The molecule has 0 aliphatic heterocycles. The van der Waals surface area contributed by atoms with E-state index in [9.17, 15) is 9.90 Å². The van der Waals surface area contributed by atoms with Crippen molar-refractivity contribution in [1.29, 1.82) is 5.26 Å². The molecule has 0 atom stereocenters. The summed E-state index contributed by atoms with van der Waals surface area (Å²) in [5.41, 5.74) is 3.60. The lowest BCUT2D eigenvalue weighted by Gasteiger charge is -2.03. The molecule has 7 heteroatoms. The number of phenolic OH excluding ortho intramolecular Hbond substituents is 1. The maximum absolute atomic E-state index is 12.0. The van der Waals surface area contributed by atoms with Gasteiger partial charge in [0.2, 0.25) is 0 Å². The maximum atomic E-state index is 12.0. The molecule has 26 heavy (non-hydrogen) atoms. The zero-order valence-corrected chi connectivity index (χ0v) is 14.9. The third-order valence-corrected chi connectivity index (χ3v) is 3.99. The summed E-state index contributed by atoms with van der Waals surface area (Å²) in [6, 6.07) is 17.1. The number of nitrogens with one attached hydrogen (secondary N) is 1. The number of nitrogens with zero attached hydrogens (tertiary/aromatic N) is 2. The summed E-state index contributed by atoms with van der Waals surface area (Å²) in [7, 11) is 0. The first kappa shape index (κ1) is 17.5. The molecular formula is C19H12BrN3O3. The van der Waals surface area contributed by atoms with Crippen LogP contribution < -0.4 is 5.43 Å². The monoisotopic (exact) mass is 409 g/mol. The summed E-state index contributed by atoms with van der Waals surface area (Å²) in [5.74, 6) is 0.238. The minimum Gasteiger partial charge on any atom is -0.507 e. The average Bonchev–Trinajstić information content (AvgIpc) is 3.12. The summed E-state index contributed by atoms with van der Waals surface area (Å²) in [4.78, 5) is 12.0. The number of phenols is 1. The third kappa shape index (κ3) is 3.82.